The fourth-order valence-electron chi connectivity index (χ4n) is 3.17. The average Bonchev–Trinajstić information content (AvgIpc) is 2.69. The summed E-state index contributed by atoms with van der Waals surface area (Å²) in [5.74, 6) is -1.74. The molecule has 3 aromatic rings. The van der Waals surface area contributed by atoms with Crippen LogP contribution in [0.2, 0.25) is 0 Å². The predicted octanol–water partition coefficient (Wildman–Crippen LogP) is 5.36. The van der Waals surface area contributed by atoms with Crippen molar-refractivity contribution >= 4 is 38.2 Å². The summed E-state index contributed by atoms with van der Waals surface area (Å²) < 4.78 is 38.6. The number of hydrogen-bond donors (Lipinski definition) is 2. The summed E-state index contributed by atoms with van der Waals surface area (Å²) >= 11 is 1.52. The minimum absolute atomic E-state index is 0.293. The lowest BCUT2D eigenvalue weighted by molar-refractivity contribution is 0.564. The highest BCUT2D eigenvalue weighted by Gasteiger charge is 2.38. The first kappa shape index (κ1) is 22.3. The molecule has 4 nitrogen and oxygen atoms in total. The summed E-state index contributed by atoms with van der Waals surface area (Å²) in [7, 11) is -3.75. The first-order valence-corrected chi connectivity index (χ1v) is 12.0. The predicted molar refractivity (Wildman–Crippen MR) is 123 cm³/mol. The third kappa shape index (κ3) is 4.37. The van der Waals surface area contributed by atoms with Gasteiger partial charge < -0.3 is 5.73 Å². The summed E-state index contributed by atoms with van der Waals surface area (Å²) in [5, 5.41) is 9.82. The van der Waals surface area contributed by atoms with Crippen LogP contribution in [0.25, 0.3) is 10.8 Å². The quantitative estimate of drug-likeness (QED) is 0.379. The molecule has 0 fully saturated rings. The van der Waals surface area contributed by atoms with Crippen molar-refractivity contribution in [2.24, 2.45) is 5.73 Å². The number of rotatable bonds is 7. The largest absolute Gasteiger partial charge is 0.386 e. The summed E-state index contributed by atoms with van der Waals surface area (Å²) in [4.78, 5) is 1.88. The Kier molecular flexibility index (Phi) is 6.24. The minimum Gasteiger partial charge on any atom is -0.386 e. The van der Waals surface area contributed by atoms with E-state index in [2.05, 4.69) is 0 Å². The Morgan fingerprint density at radius 3 is 2.50 bits per heavy atom. The second-order valence-electron chi connectivity index (χ2n) is 7.87. The molecule has 0 amide bonds. The van der Waals surface area contributed by atoms with E-state index in [1.807, 2.05) is 42.5 Å². The Balaban J connectivity index is 1.91. The molecule has 3 N–H and O–H groups in total. The summed E-state index contributed by atoms with van der Waals surface area (Å²) in [6.07, 6.45) is 0. The van der Waals surface area contributed by atoms with Crippen LogP contribution in [0.5, 0.6) is 0 Å². The standard InChI is InChI=1S/C23H25FN2O2S2/c1-15(14-30(27,28)23(2,3)22(25)26)19-13-17(11-12-20(19)24)29-21-10-6-8-16-7-4-5-9-18(16)21/h4-13,15H,14H2,1-3H3,(H3,25,26)/t15-/m1/s1. The smallest absolute Gasteiger partial charge is 0.163 e. The maximum atomic E-state index is 14.6. The van der Waals surface area contributed by atoms with Gasteiger partial charge in [-0.05, 0) is 60.4 Å². The van der Waals surface area contributed by atoms with Crippen LogP contribution in [0, 0.1) is 11.2 Å². The molecule has 0 saturated carbocycles. The molecular formula is C23H25FN2O2S2. The molecule has 1 atom stereocenters. The molecule has 158 valence electrons. The number of nitrogens with two attached hydrogens (primary N) is 1. The van der Waals surface area contributed by atoms with E-state index in [-0.39, 0.29) is 5.75 Å². The van der Waals surface area contributed by atoms with Gasteiger partial charge in [0.25, 0.3) is 0 Å². The Morgan fingerprint density at radius 1 is 1.13 bits per heavy atom. The Morgan fingerprint density at radius 2 is 1.80 bits per heavy atom. The zero-order chi connectivity index (χ0) is 22.1. The van der Waals surface area contributed by atoms with E-state index in [1.54, 1.807) is 19.1 Å². The Hall–Kier alpha value is -2.38. The van der Waals surface area contributed by atoms with E-state index in [0.717, 1.165) is 20.6 Å². The summed E-state index contributed by atoms with van der Waals surface area (Å²) in [6.45, 7) is 4.49. The molecule has 3 aromatic carbocycles. The van der Waals surface area contributed by atoms with Crippen LogP contribution >= 0.6 is 11.8 Å². The topological polar surface area (TPSA) is 84.0 Å². The lowest BCUT2D eigenvalue weighted by Crippen LogP contribution is -2.46. The van der Waals surface area contributed by atoms with Crippen LogP contribution < -0.4 is 5.73 Å². The monoisotopic (exact) mass is 444 g/mol. The molecule has 0 saturated heterocycles. The highest BCUT2D eigenvalue weighted by atomic mass is 32.2. The maximum Gasteiger partial charge on any atom is 0.163 e. The minimum atomic E-state index is -3.75. The van der Waals surface area contributed by atoms with E-state index in [9.17, 15) is 12.8 Å². The third-order valence-corrected chi connectivity index (χ3v) is 9.15. The van der Waals surface area contributed by atoms with Gasteiger partial charge >= 0.3 is 0 Å². The van der Waals surface area contributed by atoms with Gasteiger partial charge in [-0.2, -0.15) is 0 Å². The van der Waals surface area contributed by atoms with Crippen LogP contribution in [0.15, 0.2) is 70.5 Å². The van der Waals surface area contributed by atoms with Crippen molar-refractivity contribution in [3.63, 3.8) is 0 Å². The second-order valence-corrected chi connectivity index (χ2v) is 11.6. The first-order valence-electron chi connectivity index (χ1n) is 9.55. The molecule has 0 aliphatic carbocycles. The van der Waals surface area contributed by atoms with Crippen LogP contribution in [0.1, 0.15) is 32.3 Å². The molecule has 0 aromatic heterocycles. The fourth-order valence-corrected chi connectivity index (χ4v) is 5.78. The number of fused-ring (bicyclic) bond motifs is 1. The van der Waals surface area contributed by atoms with Gasteiger partial charge in [-0.1, -0.05) is 55.1 Å². The van der Waals surface area contributed by atoms with E-state index in [4.69, 9.17) is 11.1 Å². The average molecular weight is 445 g/mol. The van der Waals surface area contributed by atoms with Crippen molar-refractivity contribution in [1.82, 2.24) is 0 Å². The lowest BCUT2D eigenvalue weighted by Gasteiger charge is -2.25. The molecule has 0 aliphatic heterocycles. The maximum absolute atomic E-state index is 14.6. The third-order valence-electron chi connectivity index (χ3n) is 5.37. The van der Waals surface area contributed by atoms with Crippen LogP contribution in [0.3, 0.4) is 0 Å². The Bertz CT molecular complexity index is 1200. The highest BCUT2D eigenvalue weighted by molar-refractivity contribution is 7.99. The second kappa shape index (κ2) is 8.40. The summed E-state index contributed by atoms with van der Waals surface area (Å²) in [6, 6.07) is 18.9. The molecular weight excluding hydrogens is 419 g/mol. The number of nitrogens with one attached hydrogen (secondary N) is 1. The fraction of sp³-hybridized carbons (Fsp3) is 0.261. The summed E-state index contributed by atoms with van der Waals surface area (Å²) in [5.41, 5.74) is 5.82. The zero-order valence-corrected chi connectivity index (χ0v) is 18.8. The molecule has 0 radical (unpaired) electrons. The number of amidine groups is 1. The first-order chi connectivity index (χ1) is 14.0. The normalized spacial score (nSPS) is 13.3. The van der Waals surface area contributed by atoms with E-state index >= 15 is 0 Å². The van der Waals surface area contributed by atoms with Gasteiger partial charge in [0.15, 0.2) is 9.84 Å². The van der Waals surface area contributed by atoms with E-state index in [0.29, 0.717) is 5.56 Å². The van der Waals surface area contributed by atoms with Crippen molar-refractivity contribution in [2.75, 3.05) is 5.75 Å². The highest BCUT2D eigenvalue weighted by Crippen LogP contribution is 2.36. The van der Waals surface area contributed by atoms with Crippen LogP contribution in [0.4, 0.5) is 4.39 Å². The van der Waals surface area contributed by atoms with Gasteiger partial charge in [-0.15, -0.1) is 0 Å². The van der Waals surface area contributed by atoms with Crippen LogP contribution in [-0.4, -0.2) is 24.8 Å². The van der Waals surface area contributed by atoms with Gasteiger partial charge in [0.1, 0.15) is 16.4 Å². The molecule has 0 aliphatic rings. The van der Waals surface area contributed by atoms with Gasteiger partial charge in [-0.25, -0.2) is 12.8 Å². The van der Waals surface area contributed by atoms with Gasteiger partial charge in [0, 0.05) is 9.79 Å². The van der Waals surface area contributed by atoms with Gasteiger partial charge in [-0.3, -0.25) is 5.41 Å². The van der Waals surface area contributed by atoms with Crippen molar-refractivity contribution in [3.05, 3.63) is 72.0 Å². The molecule has 7 heteroatoms. The van der Waals surface area contributed by atoms with Crippen LogP contribution in [-0.2, 0) is 9.84 Å². The van der Waals surface area contributed by atoms with Crippen molar-refractivity contribution in [3.8, 4) is 0 Å². The molecule has 0 heterocycles. The van der Waals surface area contributed by atoms with E-state index < -0.39 is 32.2 Å². The lowest BCUT2D eigenvalue weighted by atomic mass is 10.0. The van der Waals surface area contributed by atoms with Crippen molar-refractivity contribution in [1.29, 1.82) is 5.41 Å². The molecule has 0 unspecified atom stereocenters. The van der Waals surface area contributed by atoms with Gasteiger partial charge in [0.2, 0.25) is 0 Å². The number of halogens is 1. The Labute approximate surface area is 181 Å². The van der Waals surface area contributed by atoms with Crippen molar-refractivity contribution in [2.45, 2.75) is 41.2 Å². The molecule has 0 bridgehead atoms. The number of hydrogen-bond acceptors (Lipinski definition) is 4. The molecule has 3 rings (SSSR count). The van der Waals surface area contributed by atoms with E-state index in [1.165, 1.54) is 31.7 Å². The zero-order valence-electron chi connectivity index (χ0n) is 17.1. The van der Waals surface area contributed by atoms with Crippen molar-refractivity contribution < 1.29 is 12.8 Å². The molecule has 0 spiro atoms. The van der Waals surface area contributed by atoms with Gasteiger partial charge in [0.05, 0.1) is 5.75 Å². The number of sulfone groups is 1. The molecule has 30 heavy (non-hydrogen) atoms. The SMILES string of the molecule is C[C@H](CS(=O)(=O)C(C)(C)C(=N)N)c1cc(Sc2cccc3ccccc23)ccc1F. The number of benzene rings is 3.